The molecular weight excluding hydrogens is 893 g/mol. The molecule has 0 saturated carbocycles. The molecule has 1 aliphatic rings. The van der Waals surface area contributed by atoms with Gasteiger partial charge in [0.25, 0.3) is 0 Å². The first kappa shape index (κ1) is 64.7. The second kappa shape index (κ2) is 44.4. The Bertz CT molecular complexity index is 1350. The summed E-state index contributed by atoms with van der Waals surface area (Å²) in [5, 5.41) is 0. The number of rotatable bonds is 45. The van der Waals surface area contributed by atoms with Gasteiger partial charge in [-0.05, 0) is 104 Å². The van der Waals surface area contributed by atoms with Gasteiger partial charge < -0.3 is 43.0 Å². The van der Waals surface area contributed by atoms with Crippen LogP contribution in [0.3, 0.4) is 0 Å². The van der Waals surface area contributed by atoms with Crippen LogP contribution in [0.5, 0.6) is 0 Å². The highest BCUT2D eigenvalue weighted by Crippen LogP contribution is 2.31. The molecule has 406 valence electrons. The van der Waals surface area contributed by atoms with Crippen LogP contribution in [0.2, 0.25) is 0 Å². The highest BCUT2D eigenvalue weighted by molar-refractivity contribution is 5.70. The summed E-state index contributed by atoms with van der Waals surface area (Å²) >= 11 is 0. The van der Waals surface area contributed by atoms with Crippen molar-refractivity contribution in [1.29, 1.82) is 0 Å². The van der Waals surface area contributed by atoms with Crippen molar-refractivity contribution in [1.82, 2.24) is 9.80 Å². The minimum Gasteiger partial charge on any atom is -0.461 e. The van der Waals surface area contributed by atoms with E-state index in [4.69, 9.17) is 33.2 Å². The molecule has 1 aliphatic heterocycles. The summed E-state index contributed by atoms with van der Waals surface area (Å²) in [5.74, 6) is -1.95. The maximum Gasteiger partial charge on any atom is 0.306 e. The molecule has 1 rings (SSSR count). The molecule has 0 radical (unpaired) electrons. The van der Waals surface area contributed by atoms with Crippen LogP contribution in [0.4, 0.5) is 0 Å². The summed E-state index contributed by atoms with van der Waals surface area (Å²) in [6.45, 7) is 16.0. The molecule has 0 bridgehead atoms. The number of nitrogens with zero attached hydrogens (tertiary/aromatic N) is 2. The Morgan fingerprint density at radius 1 is 0.471 bits per heavy atom. The third kappa shape index (κ3) is 35.7. The molecule has 1 fully saturated rings. The SMILES string of the molecule is CCCCCC/C=C\COC(=O)CCCCCCCCN(CCCCCCCCC(=O)OC/C=C\CCCCCC)CCCN(C)CCCOC1OC(CC)C(OC(C)=O)C(OC(C)=O)C1OC(C)=O. The number of hydrogen-bond acceptors (Lipinski definition) is 14. The molecule has 0 aliphatic carbocycles. The number of ether oxygens (including phenoxy) is 7. The van der Waals surface area contributed by atoms with Crippen molar-refractivity contribution in [3.63, 3.8) is 0 Å². The molecule has 0 N–H and O–H groups in total. The summed E-state index contributed by atoms with van der Waals surface area (Å²) in [7, 11) is 2.11. The van der Waals surface area contributed by atoms with E-state index in [0.29, 0.717) is 45.5 Å². The Labute approximate surface area is 425 Å². The van der Waals surface area contributed by atoms with Gasteiger partial charge in [0.2, 0.25) is 0 Å². The molecule has 0 aromatic rings. The first-order chi connectivity index (χ1) is 33.9. The van der Waals surface area contributed by atoms with Crippen LogP contribution in [-0.4, -0.2) is 130 Å². The molecule has 5 unspecified atom stereocenters. The minimum atomic E-state index is -1.10. The van der Waals surface area contributed by atoms with Gasteiger partial charge in [0.15, 0.2) is 24.6 Å². The molecule has 0 aromatic heterocycles. The lowest BCUT2D eigenvalue weighted by atomic mass is 9.96. The third-order valence-corrected chi connectivity index (χ3v) is 12.6. The molecule has 5 atom stereocenters. The lowest BCUT2D eigenvalue weighted by Crippen LogP contribution is -2.61. The summed E-state index contributed by atoms with van der Waals surface area (Å²) in [6.07, 6.45) is 31.8. The lowest BCUT2D eigenvalue weighted by molar-refractivity contribution is -0.304. The fraction of sp³-hybridized carbons (Fsp3) is 0.839. The molecule has 1 heterocycles. The molecular formula is C56H100N2O12. The quantitative estimate of drug-likeness (QED) is 0.0246. The largest absolute Gasteiger partial charge is 0.461 e. The Hall–Kier alpha value is -3.33. The van der Waals surface area contributed by atoms with Gasteiger partial charge in [-0.25, -0.2) is 0 Å². The summed E-state index contributed by atoms with van der Waals surface area (Å²) in [6, 6.07) is 0. The molecule has 0 amide bonds. The van der Waals surface area contributed by atoms with Gasteiger partial charge in [-0.3, -0.25) is 24.0 Å². The van der Waals surface area contributed by atoms with Crippen molar-refractivity contribution in [2.24, 2.45) is 0 Å². The number of allylic oxidation sites excluding steroid dienone is 2. The number of carbonyl (C=O) groups excluding carboxylic acids is 5. The Morgan fingerprint density at radius 3 is 1.39 bits per heavy atom. The first-order valence-electron chi connectivity index (χ1n) is 27.7. The van der Waals surface area contributed by atoms with Gasteiger partial charge >= 0.3 is 29.8 Å². The van der Waals surface area contributed by atoms with E-state index in [1.165, 1.54) is 97.8 Å². The van der Waals surface area contributed by atoms with E-state index in [-0.39, 0.29) is 11.9 Å². The zero-order chi connectivity index (χ0) is 51.5. The van der Waals surface area contributed by atoms with Crippen molar-refractivity contribution in [3.8, 4) is 0 Å². The standard InChI is InChI=1S/C56H100N2O12/c1-8-11-13-15-21-27-33-44-64-51(62)37-29-23-17-19-25-31-41-58(42-32-26-20-18-24-30-38-52(63)65-45-34-28-22-16-14-12-9-2)43-35-39-57(7)40-36-46-66-56-55(69-49(6)61)54(68-48(5)60)53(67-47(4)59)50(10-3)70-56/h27-28,33-34,50,53-56H,8-26,29-32,35-46H2,1-7H3/b33-27-,34-28-. The van der Waals surface area contributed by atoms with Gasteiger partial charge in [-0.2, -0.15) is 0 Å². The second-order valence-electron chi connectivity index (χ2n) is 19.1. The zero-order valence-corrected chi connectivity index (χ0v) is 45.2. The average molecular weight is 993 g/mol. The zero-order valence-electron chi connectivity index (χ0n) is 45.2. The molecule has 0 aromatic carbocycles. The van der Waals surface area contributed by atoms with Gasteiger partial charge in [-0.15, -0.1) is 0 Å². The summed E-state index contributed by atoms with van der Waals surface area (Å²) in [5.41, 5.74) is 0. The van der Waals surface area contributed by atoms with Crippen LogP contribution >= 0.6 is 0 Å². The van der Waals surface area contributed by atoms with Crippen LogP contribution in [0.15, 0.2) is 24.3 Å². The van der Waals surface area contributed by atoms with Crippen LogP contribution in [0.25, 0.3) is 0 Å². The van der Waals surface area contributed by atoms with Crippen molar-refractivity contribution in [2.45, 2.75) is 246 Å². The fourth-order valence-corrected chi connectivity index (χ4v) is 8.66. The van der Waals surface area contributed by atoms with E-state index in [1.54, 1.807) is 0 Å². The number of carbonyl (C=O) groups is 5. The Balaban J connectivity index is 2.54. The molecule has 0 spiro atoms. The van der Waals surface area contributed by atoms with Crippen LogP contribution in [-0.2, 0) is 57.1 Å². The predicted molar refractivity (Wildman–Crippen MR) is 277 cm³/mol. The molecule has 1 saturated heterocycles. The number of unbranched alkanes of at least 4 members (excludes halogenated alkanes) is 18. The van der Waals surface area contributed by atoms with E-state index in [1.807, 2.05) is 19.1 Å². The molecule has 70 heavy (non-hydrogen) atoms. The van der Waals surface area contributed by atoms with Gasteiger partial charge in [0.05, 0.1) is 6.61 Å². The number of esters is 5. The fourth-order valence-electron chi connectivity index (χ4n) is 8.66. The van der Waals surface area contributed by atoms with E-state index in [9.17, 15) is 24.0 Å². The monoisotopic (exact) mass is 993 g/mol. The van der Waals surface area contributed by atoms with Crippen molar-refractivity contribution in [2.75, 3.05) is 59.6 Å². The van der Waals surface area contributed by atoms with E-state index >= 15 is 0 Å². The maximum absolute atomic E-state index is 12.2. The Morgan fingerprint density at radius 2 is 0.900 bits per heavy atom. The van der Waals surface area contributed by atoms with E-state index in [0.717, 1.165) is 103 Å². The highest BCUT2D eigenvalue weighted by atomic mass is 16.7. The second-order valence-corrected chi connectivity index (χ2v) is 19.1. The summed E-state index contributed by atoms with van der Waals surface area (Å²) < 4.78 is 39.7. The van der Waals surface area contributed by atoms with Crippen molar-refractivity contribution in [3.05, 3.63) is 24.3 Å². The van der Waals surface area contributed by atoms with Gasteiger partial charge in [-0.1, -0.05) is 135 Å². The minimum absolute atomic E-state index is 0.0989. The van der Waals surface area contributed by atoms with Crippen molar-refractivity contribution < 1.29 is 57.1 Å². The normalized spacial score (nSPS) is 18.2. The maximum atomic E-state index is 12.2. The van der Waals surface area contributed by atoms with Crippen LogP contribution in [0, 0.1) is 0 Å². The lowest BCUT2D eigenvalue weighted by Gasteiger charge is -2.44. The highest BCUT2D eigenvalue weighted by Gasteiger charge is 2.51. The van der Waals surface area contributed by atoms with E-state index in [2.05, 4.69) is 42.8 Å². The van der Waals surface area contributed by atoms with Crippen LogP contribution in [0.1, 0.15) is 215 Å². The van der Waals surface area contributed by atoms with E-state index < -0.39 is 48.6 Å². The third-order valence-electron chi connectivity index (χ3n) is 12.6. The first-order valence-corrected chi connectivity index (χ1v) is 27.7. The van der Waals surface area contributed by atoms with Gasteiger partial charge in [0.1, 0.15) is 19.3 Å². The molecule has 14 nitrogen and oxygen atoms in total. The van der Waals surface area contributed by atoms with Gasteiger partial charge in [0, 0.05) is 40.2 Å². The smallest absolute Gasteiger partial charge is 0.306 e. The molecule has 14 heteroatoms. The Kier molecular flexibility index (Phi) is 41.0. The topological polar surface area (TPSA) is 156 Å². The predicted octanol–water partition coefficient (Wildman–Crippen LogP) is 11.5. The van der Waals surface area contributed by atoms with Crippen LogP contribution < -0.4 is 0 Å². The number of hydrogen-bond donors (Lipinski definition) is 0. The summed E-state index contributed by atoms with van der Waals surface area (Å²) in [4.78, 5) is 65.4. The van der Waals surface area contributed by atoms with Crippen molar-refractivity contribution >= 4 is 29.8 Å². The average Bonchev–Trinajstić information content (AvgIpc) is 3.32.